The lowest BCUT2D eigenvalue weighted by Crippen LogP contribution is -2.30. The number of nitrogens with zero attached hydrogens (tertiary/aromatic N) is 3. The smallest absolute Gasteiger partial charge is 0.337 e. The minimum absolute atomic E-state index is 0.0876. The Morgan fingerprint density at radius 1 is 1.24 bits per heavy atom. The molecule has 0 saturated carbocycles. The van der Waals surface area contributed by atoms with Crippen LogP contribution in [0.25, 0.3) is 10.7 Å². The van der Waals surface area contributed by atoms with Crippen molar-refractivity contribution in [2.24, 2.45) is 0 Å². The molecular formula is C20H22N4O3S2. The fourth-order valence-electron chi connectivity index (χ4n) is 2.67. The Bertz CT molecular complexity index is 968. The van der Waals surface area contributed by atoms with E-state index in [9.17, 15) is 9.59 Å². The van der Waals surface area contributed by atoms with Crippen LogP contribution in [0, 0.1) is 0 Å². The first-order valence-electron chi connectivity index (χ1n) is 9.12. The summed E-state index contributed by atoms with van der Waals surface area (Å²) in [7, 11) is 1.35. The molecule has 0 aliphatic heterocycles. The molecule has 0 spiro atoms. The number of hydrogen-bond acceptors (Lipinski definition) is 7. The molecule has 2 aromatic heterocycles. The quantitative estimate of drug-likeness (QED) is 0.434. The van der Waals surface area contributed by atoms with Gasteiger partial charge in [0.1, 0.15) is 0 Å². The van der Waals surface area contributed by atoms with Crippen molar-refractivity contribution in [3.63, 3.8) is 0 Å². The zero-order chi connectivity index (χ0) is 20.8. The summed E-state index contributed by atoms with van der Waals surface area (Å²) in [5.41, 5.74) is 1.38. The molecular weight excluding hydrogens is 408 g/mol. The van der Waals surface area contributed by atoms with Crippen molar-refractivity contribution in [2.75, 3.05) is 7.11 Å². The SMILES string of the molecule is CCn1c(SC(C)C(=O)NCc2ccc(C(=O)OC)cc2)nnc1-c1cccs1. The largest absolute Gasteiger partial charge is 0.465 e. The summed E-state index contributed by atoms with van der Waals surface area (Å²) in [6, 6.07) is 10.9. The van der Waals surface area contributed by atoms with Crippen LogP contribution in [0.3, 0.4) is 0 Å². The van der Waals surface area contributed by atoms with Gasteiger partial charge < -0.3 is 14.6 Å². The van der Waals surface area contributed by atoms with Crippen molar-refractivity contribution in [3.05, 3.63) is 52.9 Å². The molecule has 29 heavy (non-hydrogen) atoms. The molecule has 7 nitrogen and oxygen atoms in total. The average molecular weight is 431 g/mol. The molecule has 2 heterocycles. The molecule has 0 fully saturated rings. The van der Waals surface area contributed by atoms with Crippen molar-refractivity contribution in [1.82, 2.24) is 20.1 Å². The van der Waals surface area contributed by atoms with Crippen LogP contribution >= 0.6 is 23.1 Å². The Morgan fingerprint density at radius 3 is 2.62 bits per heavy atom. The molecule has 152 valence electrons. The van der Waals surface area contributed by atoms with Gasteiger partial charge in [0.15, 0.2) is 11.0 Å². The van der Waals surface area contributed by atoms with E-state index < -0.39 is 0 Å². The Morgan fingerprint density at radius 2 is 2.00 bits per heavy atom. The summed E-state index contributed by atoms with van der Waals surface area (Å²) >= 11 is 3.00. The van der Waals surface area contributed by atoms with Gasteiger partial charge in [-0.1, -0.05) is 30.0 Å². The maximum atomic E-state index is 12.5. The number of amides is 1. The van der Waals surface area contributed by atoms with E-state index in [1.54, 1.807) is 35.6 Å². The Kier molecular flexibility index (Phi) is 7.05. The first-order chi connectivity index (χ1) is 14.0. The van der Waals surface area contributed by atoms with Crippen LogP contribution in [-0.2, 0) is 22.6 Å². The third kappa shape index (κ3) is 5.04. The molecule has 1 aromatic carbocycles. The van der Waals surface area contributed by atoms with Gasteiger partial charge in [-0.2, -0.15) is 0 Å². The predicted octanol–water partition coefficient (Wildman–Crippen LogP) is 3.61. The summed E-state index contributed by atoms with van der Waals surface area (Å²) in [6.45, 7) is 4.99. The van der Waals surface area contributed by atoms with Crippen LogP contribution in [0.4, 0.5) is 0 Å². The highest BCUT2D eigenvalue weighted by molar-refractivity contribution is 8.00. The van der Waals surface area contributed by atoms with Crippen LogP contribution in [0.15, 0.2) is 46.9 Å². The third-order valence-corrected chi connectivity index (χ3v) is 6.21. The highest BCUT2D eigenvalue weighted by Gasteiger charge is 2.20. The fourth-order valence-corrected chi connectivity index (χ4v) is 4.32. The van der Waals surface area contributed by atoms with Gasteiger partial charge in [-0.25, -0.2) is 4.79 Å². The number of carbonyl (C=O) groups excluding carboxylic acids is 2. The van der Waals surface area contributed by atoms with Crippen LogP contribution in [0.1, 0.15) is 29.8 Å². The summed E-state index contributed by atoms with van der Waals surface area (Å²) < 4.78 is 6.70. The number of nitrogens with one attached hydrogen (secondary N) is 1. The molecule has 9 heteroatoms. The number of esters is 1. The average Bonchev–Trinajstić information content (AvgIpc) is 3.41. The van der Waals surface area contributed by atoms with Crippen LogP contribution in [0.2, 0.25) is 0 Å². The van der Waals surface area contributed by atoms with E-state index in [1.807, 2.05) is 35.9 Å². The number of ether oxygens (including phenoxy) is 1. The second-order valence-corrected chi connectivity index (χ2v) is 8.45. The fraction of sp³-hybridized carbons (Fsp3) is 0.300. The monoisotopic (exact) mass is 430 g/mol. The standard InChI is InChI=1S/C20H22N4O3S2/c1-4-24-17(16-6-5-11-28-16)22-23-20(24)29-13(2)18(25)21-12-14-7-9-15(10-8-14)19(26)27-3/h5-11,13H,4,12H2,1-3H3,(H,21,25). The molecule has 1 N–H and O–H groups in total. The van der Waals surface area contributed by atoms with Crippen molar-refractivity contribution in [2.45, 2.75) is 37.3 Å². The number of thioether (sulfide) groups is 1. The van der Waals surface area contributed by atoms with Crippen molar-refractivity contribution in [3.8, 4) is 10.7 Å². The number of thiophene rings is 1. The van der Waals surface area contributed by atoms with Gasteiger partial charge in [-0.05, 0) is 43.0 Å². The number of hydrogen-bond donors (Lipinski definition) is 1. The molecule has 0 aliphatic carbocycles. The molecule has 0 radical (unpaired) electrons. The van der Waals surface area contributed by atoms with Gasteiger partial charge in [0.25, 0.3) is 0 Å². The number of aromatic nitrogens is 3. The number of carbonyl (C=O) groups is 2. The van der Waals surface area contributed by atoms with Gasteiger partial charge >= 0.3 is 5.97 Å². The minimum atomic E-state index is -0.382. The summed E-state index contributed by atoms with van der Waals surface area (Å²) in [6.07, 6.45) is 0. The van der Waals surface area contributed by atoms with Gasteiger partial charge in [0, 0.05) is 13.1 Å². The molecule has 1 unspecified atom stereocenters. The van der Waals surface area contributed by atoms with Gasteiger partial charge in [0.05, 0.1) is 22.8 Å². The van der Waals surface area contributed by atoms with Crippen molar-refractivity contribution in [1.29, 1.82) is 0 Å². The number of rotatable bonds is 8. The van der Waals surface area contributed by atoms with E-state index in [-0.39, 0.29) is 17.1 Å². The Labute approximate surface area is 177 Å². The highest BCUT2D eigenvalue weighted by Crippen LogP contribution is 2.29. The second kappa shape index (κ2) is 9.71. The molecule has 0 aliphatic rings. The Hall–Kier alpha value is -2.65. The van der Waals surface area contributed by atoms with E-state index in [2.05, 4.69) is 20.3 Å². The van der Waals surface area contributed by atoms with Gasteiger partial charge in [-0.15, -0.1) is 21.5 Å². The van der Waals surface area contributed by atoms with Crippen LogP contribution in [-0.4, -0.2) is 39.0 Å². The first-order valence-corrected chi connectivity index (χ1v) is 10.9. The number of benzene rings is 1. The van der Waals surface area contributed by atoms with E-state index in [0.29, 0.717) is 12.1 Å². The first kappa shape index (κ1) is 21.1. The second-order valence-electron chi connectivity index (χ2n) is 6.19. The van der Waals surface area contributed by atoms with Crippen LogP contribution in [0.5, 0.6) is 0 Å². The predicted molar refractivity (Wildman–Crippen MR) is 114 cm³/mol. The lowest BCUT2D eigenvalue weighted by molar-refractivity contribution is -0.120. The van der Waals surface area contributed by atoms with Crippen molar-refractivity contribution >= 4 is 35.0 Å². The maximum absolute atomic E-state index is 12.5. The van der Waals surface area contributed by atoms with E-state index in [1.165, 1.54) is 18.9 Å². The number of methoxy groups -OCH3 is 1. The van der Waals surface area contributed by atoms with Crippen LogP contribution < -0.4 is 5.32 Å². The molecule has 3 aromatic rings. The normalized spacial score (nSPS) is 11.8. The van der Waals surface area contributed by atoms with E-state index >= 15 is 0 Å². The lowest BCUT2D eigenvalue weighted by Gasteiger charge is -2.13. The van der Waals surface area contributed by atoms with E-state index in [4.69, 9.17) is 0 Å². The maximum Gasteiger partial charge on any atom is 0.337 e. The summed E-state index contributed by atoms with van der Waals surface area (Å²) in [5.74, 6) is 0.353. The van der Waals surface area contributed by atoms with Crippen molar-refractivity contribution < 1.29 is 14.3 Å². The Balaban J connectivity index is 1.59. The molecule has 1 atom stereocenters. The lowest BCUT2D eigenvalue weighted by atomic mass is 10.1. The minimum Gasteiger partial charge on any atom is -0.465 e. The molecule has 3 rings (SSSR count). The summed E-state index contributed by atoms with van der Waals surface area (Å²) in [5, 5.41) is 13.9. The summed E-state index contributed by atoms with van der Waals surface area (Å²) in [4.78, 5) is 25.0. The highest BCUT2D eigenvalue weighted by atomic mass is 32.2. The third-order valence-electron chi connectivity index (χ3n) is 4.27. The zero-order valence-corrected chi connectivity index (χ0v) is 18.0. The molecule has 0 saturated heterocycles. The molecule has 0 bridgehead atoms. The molecule has 1 amide bonds. The van der Waals surface area contributed by atoms with E-state index in [0.717, 1.165) is 28.0 Å². The van der Waals surface area contributed by atoms with Gasteiger partial charge in [-0.3, -0.25) is 4.79 Å². The zero-order valence-electron chi connectivity index (χ0n) is 16.4. The topological polar surface area (TPSA) is 86.1 Å². The van der Waals surface area contributed by atoms with Gasteiger partial charge in [0.2, 0.25) is 5.91 Å².